The van der Waals surface area contributed by atoms with Gasteiger partial charge in [-0.3, -0.25) is 0 Å². The predicted molar refractivity (Wildman–Crippen MR) is 57.7 cm³/mol. The summed E-state index contributed by atoms with van der Waals surface area (Å²) in [7, 11) is 1.49. The van der Waals surface area contributed by atoms with Crippen LogP contribution < -0.4 is 10.5 Å². The smallest absolute Gasteiger partial charge is 0.339 e. The summed E-state index contributed by atoms with van der Waals surface area (Å²) in [6.07, 6.45) is 0. The maximum Gasteiger partial charge on any atom is 0.339 e. The molecule has 5 nitrogen and oxygen atoms in total. The lowest BCUT2D eigenvalue weighted by atomic mass is 10.2. The molecule has 0 aromatic heterocycles. The lowest BCUT2D eigenvalue weighted by Gasteiger charge is -2.06. The fraction of sp³-hybridized carbons (Fsp3) is 0.222. The summed E-state index contributed by atoms with van der Waals surface area (Å²) in [6, 6.07) is 4.57. The van der Waals surface area contributed by atoms with E-state index in [0.29, 0.717) is 10.6 Å². The second-order valence-electron chi connectivity index (χ2n) is 2.71. The van der Waals surface area contributed by atoms with E-state index in [1.165, 1.54) is 19.2 Å². The van der Waals surface area contributed by atoms with Crippen LogP contribution in [0.2, 0.25) is 0 Å². The van der Waals surface area contributed by atoms with Crippen LogP contribution in [0, 0.1) is 0 Å². The van der Waals surface area contributed by atoms with Gasteiger partial charge in [-0.2, -0.15) is 0 Å². The Bertz CT molecular complexity index is 406. The molecule has 0 spiro atoms. The zero-order valence-corrected chi connectivity index (χ0v) is 9.26. The molecule has 0 aliphatic heterocycles. The largest absolute Gasteiger partial charge is 0.465 e. The number of nitrogen functional groups attached to an aromatic ring is 1. The number of carbonyl (C=O) groups excluding carboxylic acids is 1. The zero-order chi connectivity index (χ0) is 11.4. The van der Waals surface area contributed by atoms with E-state index in [-0.39, 0.29) is 5.56 Å². The van der Waals surface area contributed by atoms with Gasteiger partial charge in [-0.05, 0) is 25.2 Å². The van der Waals surface area contributed by atoms with Crippen LogP contribution in [0.5, 0.6) is 0 Å². The van der Waals surface area contributed by atoms with Gasteiger partial charge in [0.05, 0.1) is 17.6 Å². The third-order valence-corrected chi connectivity index (χ3v) is 2.88. The molecular weight excluding hydrogens is 216 g/mol. The van der Waals surface area contributed by atoms with Crippen molar-refractivity contribution in [3.05, 3.63) is 23.8 Å². The molecule has 15 heavy (non-hydrogen) atoms. The SMILES string of the molecule is CNS(=O)c1ccc(N)c(C(=O)OC)c1. The first-order chi connectivity index (χ1) is 7.10. The molecule has 0 saturated heterocycles. The number of benzene rings is 1. The fourth-order valence-corrected chi connectivity index (χ4v) is 1.71. The molecule has 0 aliphatic carbocycles. The highest BCUT2D eigenvalue weighted by Gasteiger charge is 2.12. The number of anilines is 1. The van der Waals surface area contributed by atoms with Crippen molar-refractivity contribution in [2.75, 3.05) is 19.9 Å². The van der Waals surface area contributed by atoms with Crippen LogP contribution in [0.4, 0.5) is 5.69 Å². The molecule has 0 aliphatic rings. The van der Waals surface area contributed by atoms with Gasteiger partial charge in [0.25, 0.3) is 0 Å². The molecule has 82 valence electrons. The van der Waals surface area contributed by atoms with E-state index in [0.717, 1.165) is 0 Å². The minimum Gasteiger partial charge on any atom is -0.465 e. The second-order valence-corrected chi connectivity index (χ2v) is 4.13. The summed E-state index contributed by atoms with van der Waals surface area (Å²) in [6.45, 7) is 0. The van der Waals surface area contributed by atoms with Gasteiger partial charge in [0.15, 0.2) is 0 Å². The molecule has 0 heterocycles. The number of hydrogen-bond acceptors (Lipinski definition) is 4. The van der Waals surface area contributed by atoms with Crippen LogP contribution in [0.15, 0.2) is 23.1 Å². The van der Waals surface area contributed by atoms with Crippen molar-refractivity contribution in [1.82, 2.24) is 4.72 Å². The first-order valence-corrected chi connectivity index (χ1v) is 5.32. The van der Waals surface area contributed by atoms with Crippen molar-refractivity contribution in [2.45, 2.75) is 4.90 Å². The summed E-state index contributed by atoms with van der Waals surface area (Å²) in [5, 5.41) is 0. The van der Waals surface area contributed by atoms with Crippen molar-refractivity contribution < 1.29 is 13.7 Å². The summed E-state index contributed by atoms with van der Waals surface area (Å²) in [4.78, 5) is 11.8. The maximum atomic E-state index is 11.4. The van der Waals surface area contributed by atoms with E-state index in [1.54, 1.807) is 13.1 Å². The quantitative estimate of drug-likeness (QED) is 0.576. The highest BCUT2D eigenvalue weighted by atomic mass is 32.2. The molecule has 6 heteroatoms. The fourth-order valence-electron chi connectivity index (χ4n) is 1.06. The normalized spacial score (nSPS) is 12.1. The Morgan fingerprint density at radius 1 is 1.53 bits per heavy atom. The average molecular weight is 228 g/mol. The van der Waals surface area contributed by atoms with Crippen LogP contribution >= 0.6 is 0 Å². The molecule has 1 rings (SSSR count). The number of nitrogens with two attached hydrogens (primary N) is 1. The van der Waals surface area contributed by atoms with E-state index in [2.05, 4.69) is 9.46 Å². The topological polar surface area (TPSA) is 81.4 Å². The Kier molecular flexibility index (Phi) is 3.81. The zero-order valence-electron chi connectivity index (χ0n) is 8.44. The van der Waals surface area contributed by atoms with Crippen molar-refractivity contribution in [3.63, 3.8) is 0 Å². The van der Waals surface area contributed by atoms with Crippen molar-refractivity contribution in [1.29, 1.82) is 0 Å². The molecule has 0 bridgehead atoms. The summed E-state index contributed by atoms with van der Waals surface area (Å²) in [5.74, 6) is -0.539. The minimum atomic E-state index is -1.34. The summed E-state index contributed by atoms with van der Waals surface area (Å²) < 4.78 is 18.5. The van der Waals surface area contributed by atoms with E-state index >= 15 is 0 Å². The lowest BCUT2D eigenvalue weighted by molar-refractivity contribution is 0.0601. The number of rotatable bonds is 3. The maximum absolute atomic E-state index is 11.4. The van der Waals surface area contributed by atoms with Gasteiger partial charge in [0.2, 0.25) is 0 Å². The minimum absolute atomic E-state index is 0.221. The van der Waals surface area contributed by atoms with Crippen molar-refractivity contribution in [2.24, 2.45) is 0 Å². The highest BCUT2D eigenvalue weighted by molar-refractivity contribution is 7.83. The monoisotopic (exact) mass is 228 g/mol. The van der Waals surface area contributed by atoms with Gasteiger partial charge in [-0.25, -0.2) is 13.7 Å². The number of methoxy groups -OCH3 is 1. The third kappa shape index (κ3) is 2.54. The van der Waals surface area contributed by atoms with E-state index < -0.39 is 17.0 Å². The number of nitrogens with one attached hydrogen (secondary N) is 1. The predicted octanol–water partition coefficient (Wildman–Crippen LogP) is 0.297. The van der Waals surface area contributed by atoms with Crippen molar-refractivity contribution >= 4 is 22.6 Å². The Morgan fingerprint density at radius 3 is 2.73 bits per heavy atom. The van der Waals surface area contributed by atoms with Crippen LogP contribution in [-0.4, -0.2) is 24.3 Å². The van der Waals surface area contributed by atoms with Crippen LogP contribution in [0.25, 0.3) is 0 Å². The molecule has 0 amide bonds. The molecule has 1 aromatic rings. The van der Waals surface area contributed by atoms with Gasteiger partial charge < -0.3 is 10.5 Å². The van der Waals surface area contributed by atoms with E-state index in [4.69, 9.17) is 5.73 Å². The Labute approximate surface area is 90.2 Å². The van der Waals surface area contributed by atoms with Gasteiger partial charge in [0.1, 0.15) is 11.0 Å². The molecule has 0 saturated carbocycles. The first kappa shape index (κ1) is 11.7. The van der Waals surface area contributed by atoms with Gasteiger partial charge in [0, 0.05) is 5.69 Å². The highest BCUT2D eigenvalue weighted by Crippen LogP contribution is 2.16. The lowest BCUT2D eigenvalue weighted by Crippen LogP contribution is -2.12. The van der Waals surface area contributed by atoms with Crippen LogP contribution in [0.1, 0.15) is 10.4 Å². The average Bonchev–Trinajstić information content (AvgIpc) is 2.27. The Balaban J connectivity index is 3.16. The Hall–Kier alpha value is -1.40. The van der Waals surface area contributed by atoms with Gasteiger partial charge in [-0.1, -0.05) is 0 Å². The number of hydrogen-bond donors (Lipinski definition) is 2. The molecule has 1 atom stereocenters. The van der Waals surface area contributed by atoms with Gasteiger partial charge in [-0.15, -0.1) is 0 Å². The molecule has 3 N–H and O–H groups in total. The first-order valence-electron chi connectivity index (χ1n) is 4.17. The third-order valence-electron chi connectivity index (χ3n) is 1.83. The summed E-state index contributed by atoms with van der Waals surface area (Å²) in [5.41, 5.74) is 6.11. The van der Waals surface area contributed by atoms with E-state index in [1.807, 2.05) is 0 Å². The number of esters is 1. The number of ether oxygens (including phenoxy) is 1. The van der Waals surface area contributed by atoms with Crippen LogP contribution in [0.3, 0.4) is 0 Å². The molecule has 0 radical (unpaired) electrons. The number of carbonyl (C=O) groups is 1. The van der Waals surface area contributed by atoms with Crippen molar-refractivity contribution in [3.8, 4) is 0 Å². The molecular formula is C9H12N2O3S. The molecule has 1 unspecified atom stereocenters. The second kappa shape index (κ2) is 4.90. The van der Waals surface area contributed by atoms with Crippen LogP contribution in [-0.2, 0) is 15.7 Å². The molecule has 0 fully saturated rings. The standard InChI is InChI=1S/C9H12N2O3S/c1-11-15(13)6-3-4-8(10)7(5-6)9(12)14-2/h3-5,11H,10H2,1-2H3. The molecule has 1 aromatic carbocycles. The van der Waals surface area contributed by atoms with Gasteiger partial charge >= 0.3 is 5.97 Å². The summed E-state index contributed by atoms with van der Waals surface area (Å²) >= 11 is 0. The Morgan fingerprint density at radius 2 is 2.20 bits per heavy atom. The van der Waals surface area contributed by atoms with E-state index in [9.17, 15) is 9.00 Å².